The van der Waals surface area contributed by atoms with Gasteiger partial charge >= 0.3 is 0 Å². The number of hydrogen-bond donors (Lipinski definition) is 0. The number of hydrogen-bond acceptors (Lipinski definition) is 7. The van der Waals surface area contributed by atoms with Crippen molar-refractivity contribution in [1.82, 2.24) is 9.80 Å². The summed E-state index contributed by atoms with van der Waals surface area (Å²) in [4.78, 5) is 41.4. The van der Waals surface area contributed by atoms with Gasteiger partial charge in [-0.3, -0.25) is 19.3 Å². The van der Waals surface area contributed by atoms with E-state index in [1.54, 1.807) is 23.1 Å². The van der Waals surface area contributed by atoms with E-state index in [0.29, 0.717) is 63.0 Å². The molecule has 2 fully saturated rings. The summed E-state index contributed by atoms with van der Waals surface area (Å²) in [6.07, 6.45) is 3.96. The summed E-state index contributed by atoms with van der Waals surface area (Å²) < 4.78 is 17.6. The van der Waals surface area contributed by atoms with Crippen molar-refractivity contribution in [2.75, 3.05) is 39.5 Å². The van der Waals surface area contributed by atoms with Gasteiger partial charge in [0.15, 0.2) is 11.5 Å². The number of morpholine rings is 1. The average Bonchev–Trinajstić information content (AvgIpc) is 3.24. The number of nitrogens with zero attached hydrogens (tertiary/aromatic N) is 2. The molecular formula is C32H32N2O6S. The number of thioether (sulfide) groups is 1. The molecule has 3 amide bonds. The number of ether oxygens (including phenoxy) is 3. The molecule has 5 rings (SSSR count). The molecule has 41 heavy (non-hydrogen) atoms. The molecule has 0 atom stereocenters. The molecule has 2 aliphatic rings. The van der Waals surface area contributed by atoms with Crippen molar-refractivity contribution in [2.45, 2.75) is 20.0 Å². The Hall–Kier alpha value is -4.08. The van der Waals surface area contributed by atoms with Gasteiger partial charge in [0.2, 0.25) is 5.91 Å². The van der Waals surface area contributed by atoms with E-state index in [1.807, 2.05) is 37.3 Å². The van der Waals surface area contributed by atoms with Gasteiger partial charge in [0.25, 0.3) is 11.1 Å². The van der Waals surface area contributed by atoms with E-state index in [-0.39, 0.29) is 17.4 Å². The maximum absolute atomic E-state index is 13.1. The van der Waals surface area contributed by atoms with Crippen molar-refractivity contribution in [3.05, 3.63) is 88.8 Å². The molecule has 212 valence electrons. The molecule has 0 aliphatic carbocycles. The summed E-state index contributed by atoms with van der Waals surface area (Å²) in [6, 6.07) is 18.0. The Morgan fingerprint density at radius 2 is 1.83 bits per heavy atom. The van der Waals surface area contributed by atoms with Gasteiger partial charge in [-0.15, -0.1) is 6.58 Å². The van der Waals surface area contributed by atoms with E-state index in [9.17, 15) is 14.4 Å². The van der Waals surface area contributed by atoms with Crippen LogP contribution in [0.3, 0.4) is 0 Å². The van der Waals surface area contributed by atoms with Gasteiger partial charge in [-0.2, -0.15) is 0 Å². The normalized spacial score (nSPS) is 16.5. The molecule has 0 saturated carbocycles. The zero-order valence-electron chi connectivity index (χ0n) is 23.0. The highest BCUT2D eigenvalue weighted by Crippen LogP contribution is 2.38. The molecule has 9 heteroatoms. The fourth-order valence-electron chi connectivity index (χ4n) is 4.90. The summed E-state index contributed by atoms with van der Waals surface area (Å²) >= 11 is 0.827. The largest absolute Gasteiger partial charge is 0.490 e. The number of rotatable bonds is 10. The molecule has 2 saturated heterocycles. The third kappa shape index (κ3) is 6.47. The van der Waals surface area contributed by atoms with Gasteiger partial charge in [0, 0.05) is 18.7 Å². The molecule has 0 bridgehead atoms. The Morgan fingerprint density at radius 1 is 1.05 bits per heavy atom. The van der Waals surface area contributed by atoms with Crippen LogP contribution in [0.1, 0.15) is 23.6 Å². The summed E-state index contributed by atoms with van der Waals surface area (Å²) in [6.45, 7) is 8.07. The van der Waals surface area contributed by atoms with Crippen LogP contribution in [0, 0.1) is 0 Å². The first-order valence-electron chi connectivity index (χ1n) is 13.6. The highest BCUT2D eigenvalue weighted by Gasteiger charge is 2.37. The highest BCUT2D eigenvalue weighted by molar-refractivity contribution is 8.18. The van der Waals surface area contributed by atoms with Gasteiger partial charge in [-0.1, -0.05) is 48.5 Å². The van der Waals surface area contributed by atoms with E-state index in [1.165, 1.54) is 0 Å². The van der Waals surface area contributed by atoms with Crippen LogP contribution in [0.5, 0.6) is 11.5 Å². The third-order valence-corrected chi connectivity index (χ3v) is 7.81. The Morgan fingerprint density at radius 3 is 2.61 bits per heavy atom. The predicted octanol–water partition coefficient (Wildman–Crippen LogP) is 5.44. The number of carbonyl (C=O) groups is 3. The molecule has 0 aromatic heterocycles. The summed E-state index contributed by atoms with van der Waals surface area (Å²) in [5, 5.41) is 1.80. The van der Waals surface area contributed by atoms with Crippen molar-refractivity contribution < 1.29 is 28.6 Å². The number of fused-ring (bicyclic) bond motifs is 1. The van der Waals surface area contributed by atoms with Crippen molar-refractivity contribution in [3.63, 3.8) is 0 Å². The Labute approximate surface area is 243 Å². The minimum Gasteiger partial charge on any atom is -0.490 e. The van der Waals surface area contributed by atoms with Gasteiger partial charge < -0.3 is 19.1 Å². The third-order valence-electron chi connectivity index (χ3n) is 6.90. The minimum absolute atomic E-state index is 0.251. The van der Waals surface area contributed by atoms with Crippen LogP contribution >= 0.6 is 11.8 Å². The zero-order chi connectivity index (χ0) is 28.8. The standard InChI is InChI=1S/C32H32N2O6S/c1-3-8-24-17-22(19-28-31(36)34(32(37)41-28)20-29(35)33-13-15-38-16-14-33)18-27(39-4-2)30(24)40-21-25-11-7-10-23-9-5-6-12-26(23)25/h3,5-7,9-12,17-19H,1,4,8,13-16,20-21H2,2H3/b28-19+. The highest BCUT2D eigenvalue weighted by atomic mass is 32.2. The number of carbonyl (C=O) groups excluding carboxylic acids is 3. The molecule has 0 radical (unpaired) electrons. The molecule has 0 spiro atoms. The molecule has 8 nitrogen and oxygen atoms in total. The number of imide groups is 1. The van der Waals surface area contributed by atoms with Gasteiger partial charge in [-0.05, 0) is 65.2 Å². The lowest BCUT2D eigenvalue weighted by Gasteiger charge is -2.28. The summed E-state index contributed by atoms with van der Waals surface area (Å²) in [5.41, 5.74) is 2.59. The quantitative estimate of drug-likeness (QED) is 0.236. The predicted molar refractivity (Wildman–Crippen MR) is 160 cm³/mol. The fraction of sp³-hybridized carbons (Fsp3) is 0.281. The Bertz CT molecular complexity index is 1510. The van der Waals surface area contributed by atoms with E-state index in [4.69, 9.17) is 14.2 Å². The molecule has 3 aromatic carbocycles. The first kappa shape index (κ1) is 28.4. The second-order valence-corrected chi connectivity index (χ2v) is 10.6. The SMILES string of the molecule is C=CCc1cc(/C=C2/SC(=O)N(CC(=O)N3CCOCC3)C2=O)cc(OCC)c1OCc1cccc2ccccc12. The maximum atomic E-state index is 13.1. The molecule has 0 unspecified atom stereocenters. The van der Waals surface area contributed by atoms with Crippen molar-refractivity contribution in [1.29, 1.82) is 0 Å². The van der Waals surface area contributed by atoms with Crippen LogP contribution in [0.25, 0.3) is 16.8 Å². The Kier molecular flexibility index (Phi) is 9.06. The molecular weight excluding hydrogens is 540 g/mol. The Balaban J connectivity index is 1.39. The van der Waals surface area contributed by atoms with Crippen LogP contribution in [-0.2, 0) is 27.4 Å². The van der Waals surface area contributed by atoms with Crippen LogP contribution in [0.2, 0.25) is 0 Å². The van der Waals surface area contributed by atoms with E-state index >= 15 is 0 Å². The topological polar surface area (TPSA) is 85.4 Å². The molecule has 2 heterocycles. The van der Waals surface area contributed by atoms with E-state index in [2.05, 4.69) is 24.8 Å². The minimum atomic E-state index is -0.485. The second kappa shape index (κ2) is 13.1. The van der Waals surface area contributed by atoms with Crippen molar-refractivity contribution in [3.8, 4) is 11.5 Å². The lowest BCUT2D eigenvalue weighted by Crippen LogP contribution is -2.46. The molecule has 0 N–H and O–H groups in total. The van der Waals surface area contributed by atoms with E-state index < -0.39 is 11.1 Å². The van der Waals surface area contributed by atoms with Crippen LogP contribution in [-0.4, -0.2) is 66.3 Å². The first-order valence-corrected chi connectivity index (χ1v) is 14.4. The maximum Gasteiger partial charge on any atom is 0.294 e. The van der Waals surface area contributed by atoms with Gasteiger partial charge in [0.1, 0.15) is 13.2 Å². The number of amides is 3. The number of allylic oxidation sites excluding steroid dienone is 1. The molecule has 3 aromatic rings. The molecule has 2 aliphatic heterocycles. The van der Waals surface area contributed by atoms with Crippen molar-refractivity contribution in [2.24, 2.45) is 0 Å². The van der Waals surface area contributed by atoms with Crippen LogP contribution in [0.15, 0.2) is 72.2 Å². The summed E-state index contributed by atoms with van der Waals surface area (Å²) in [5.74, 6) is 0.402. The van der Waals surface area contributed by atoms with Crippen LogP contribution < -0.4 is 9.47 Å². The zero-order valence-corrected chi connectivity index (χ0v) is 23.8. The second-order valence-electron chi connectivity index (χ2n) is 9.62. The average molecular weight is 573 g/mol. The fourth-order valence-corrected chi connectivity index (χ4v) is 5.74. The first-order chi connectivity index (χ1) is 20.0. The number of benzene rings is 3. The lowest BCUT2D eigenvalue weighted by molar-refractivity contribution is -0.139. The van der Waals surface area contributed by atoms with Crippen LogP contribution in [0.4, 0.5) is 4.79 Å². The van der Waals surface area contributed by atoms with Crippen molar-refractivity contribution >= 4 is 45.7 Å². The smallest absolute Gasteiger partial charge is 0.294 e. The van der Waals surface area contributed by atoms with E-state index in [0.717, 1.165) is 38.6 Å². The van der Waals surface area contributed by atoms with Gasteiger partial charge in [0.05, 0.1) is 24.7 Å². The monoisotopic (exact) mass is 572 g/mol. The summed E-state index contributed by atoms with van der Waals surface area (Å²) in [7, 11) is 0. The lowest BCUT2D eigenvalue weighted by atomic mass is 10.0. The van der Waals surface area contributed by atoms with Gasteiger partial charge in [-0.25, -0.2) is 0 Å².